The molecular weight excluding hydrogens is 236 g/mol. The lowest BCUT2D eigenvalue weighted by Crippen LogP contribution is -2.36. The van der Waals surface area contributed by atoms with Crippen molar-refractivity contribution in [3.63, 3.8) is 0 Å². The van der Waals surface area contributed by atoms with Crippen LogP contribution in [0.2, 0.25) is 0 Å². The second-order valence-electron chi connectivity index (χ2n) is 5.96. The molecule has 1 fully saturated rings. The monoisotopic (exact) mass is 262 g/mol. The smallest absolute Gasteiger partial charge is 0.0541 e. The molecule has 0 atom stereocenters. The topological polar surface area (TPSA) is 45.1 Å². The predicted octanol–water partition coefficient (Wildman–Crippen LogP) is 2.81. The van der Waals surface area contributed by atoms with Crippen LogP contribution in [0.25, 0.3) is 0 Å². The molecule has 1 aliphatic rings. The first-order valence-electron chi connectivity index (χ1n) is 7.47. The van der Waals surface area contributed by atoms with Crippen LogP contribution in [0.3, 0.4) is 0 Å². The Morgan fingerprint density at radius 2 is 2.05 bits per heavy atom. The van der Waals surface area contributed by atoms with Crippen LogP contribution in [-0.2, 0) is 6.54 Å². The first-order chi connectivity index (χ1) is 9.24. The minimum absolute atomic E-state index is 0.310. The van der Waals surface area contributed by atoms with Gasteiger partial charge < -0.3 is 10.4 Å². The maximum Gasteiger partial charge on any atom is 0.0541 e. The number of hydrogen-bond donors (Lipinski definition) is 2. The minimum Gasteiger partial charge on any atom is -0.396 e. The fraction of sp³-hybridized carbons (Fsp3) is 0.688. The van der Waals surface area contributed by atoms with Gasteiger partial charge in [0.15, 0.2) is 0 Å². The van der Waals surface area contributed by atoms with Gasteiger partial charge in [-0.05, 0) is 43.2 Å². The molecule has 1 aromatic rings. The van der Waals surface area contributed by atoms with Gasteiger partial charge in [-0.15, -0.1) is 0 Å². The third-order valence-corrected chi connectivity index (χ3v) is 4.34. The highest BCUT2D eigenvalue weighted by molar-refractivity contribution is 5.12. The highest BCUT2D eigenvalue weighted by Gasteiger charge is 2.30. The standard InChI is InChI=1S/C16H26N2O/c1-14-5-6-15(18-11-14)12-17-13-16(9-10-19)7-3-2-4-8-16/h5-6,11,17,19H,2-4,7-10,12-13H2,1H3. The fourth-order valence-corrected chi connectivity index (χ4v) is 3.11. The minimum atomic E-state index is 0.310. The molecule has 0 aliphatic heterocycles. The van der Waals surface area contributed by atoms with E-state index >= 15 is 0 Å². The molecule has 0 spiro atoms. The first kappa shape index (κ1) is 14.5. The lowest BCUT2D eigenvalue weighted by Gasteiger charge is -2.37. The van der Waals surface area contributed by atoms with Crippen LogP contribution in [-0.4, -0.2) is 23.2 Å². The van der Waals surface area contributed by atoms with Crippen molar-refractivity contribution in [3.05, 3.63) is 29.6 Å². The largest absolute Gasteiger partial charge is 0.396 e. The van der Waals surface area contributed by atoms with E-state index in [1.165, 1.54) is 37.7 Å². The molecule has 0 bridgehead atoms. The van der Waals surface area contributed by atoms with Crippen molar-refractivity contribution in [2.75, 3.05) is 13.2 Å². The summed E-state index contributed by atoms with van der Waals surface area (Å²) in [5, 5.41) is 12.8. The van der Waals surface area contributed by atoms with Crippen LogP contribution < -0.4 is 5.32 Å². The second kappa shape index (κ2) is 7.01. The Balaban J connectivity index is 1.83. The van der Waals surface area contributed by atoms with Gasteiger partial charge in [0.2, 0.25) is 0 Å². The SMILES string of the molecule is Cc1ccc(CNCC2(CCO)CCCCC2)nc1. The zero-order chi connectivity index (χ0) is 13.6. The predicted molar refractivity (Wildman–Crippen MR) is 77.9 cm³/mol. The maximum atomic E-state index is 9.29. The van der Waals surface area contributed by atoms with Gasteiger partial charge in [0.1, 0.15) is 0 Å². The van der Waals surface area contributed by atoms with Gasteiger partial charge in [-0.2, -0.15) is 0 Å². The van der Waals surface area contributed by atoms with Gasteiger partial charge in [-0.1, -0.05) is 25.3 Å². The number of pyridine rings is 1. The van der Waals surface area contributed by atoms with Gasteiger partial charge in [0.25, 0.3) is 0 Å². The average Bonchev–Trinajstić information content (AvgIpc) is 2.42. The lowest BCUT2D eigenvalue weighted by atomic mass is 9.72. The Bertz CT molecular complexity index is 363. The Morgan fingerprint density at radius 3 is 2.68 bits per heavy atom. The Morgan fingerprint density at radius 1 is 1.26 bits per heavy atom. The Kier molecular flexibility index (Phi) is 5.34. The Hall–Kier alpha value is -0.930. The molecule has 0 amide bonds. The quantitative estimate of drug-likeness (QED) is 0.828. The third-order valence-electron chi connectivity index (χ3n) is 4.34. The number of aliphatic hydroxyl groups excluding tert-OH is 1. The van der Waals surface area contributed by atoms with E-state index in [4.69, 9.17) is 0 Å². The molecule has 3 heteroatoms. The molecule has 1 heterocycles. The number of rotatable bonds is 6. The number of aromatic nitrogens is 1. The molecule has 0 aromatic carbocycles. The van der Waals surface area contributed by atoms with Crippen molar-refractivity contribution >= 4 is 0 Å². The highest BCUT2D eigenvalue weighted by Crippen LogP contribution is 2.38. The van der Waals surface area contributed by atoms with Crippen LogP contribution in [0.4, 0.5) is 0 Å². The van der Waals surface area contributed by atoms with E-state index in [1.807, 2.05) is 6.20 Å². The normalized spacial score (nSPS) is 18.4. The molecule has 2 N–H and O–H groups in total. The number of nitrogens with zero attached hydrogens (tertiary/aromatic N) is 1. The van der Waals surface area contributed by atoms with Crippen LogP contribution in [0.15, 0.2) is 18.3 Å². The lowest BCUT2D eigenvalue weighted by molar-refractivity contribution is 0.126. The molecule has 1 saturated carbocycles. The van der Waals surface area contributed by atoms with Crippen molar-refractivity contribution < 1.29 is 5.11 Å². The molecule has 0 saturated heterocycles. The van der Waals surface area contributed by atoms with E-state index < -0.39 is 0 Å². The van der Waals surface area contributed by atoms with Crippen molar-refractivity contribution in [2.24, 2.45) is 5.41 Å². The van der Waals surface area contributed by atoms with Crippen LogP contribution in [0, 0.1) is 12.3 Å². The van der Waals surface area contributed by atoms with Crippen LogP contribution in [0.5, 0.6) is 0 Å². The van der Waals surface area contributed by atoms with Gasteiger partial charge in [0, 0.05) is 25.9 Å². The number of hydrogen-bond acceptors (Lipinski definition) is 3. The number of aryl methyl sites for hydroxylation is 1. The van der Waals surface area contributed by atoms with Crippen molar-refractivity contribution in [1.29, 1.82) is 0 Å². The van der Waals surface area contributed by atoms with Crippen LogP contribution >= 0.6 is 0 Å². The van der Waals surface area contributed by atoms with Gasteiger partial charge in [0.05, 0.1) is 5.69 Å². The summed E-state index contributed by atoms with van der Waals surface area (Å²) in [6.07, 6.45) is 9.33. The third kappa shape index (κ3) is 4.29. The summed E-state index contributed by atoms with van der Waals surface area (Å²) in [6, 6.07) is 4.19. The van der Waals surface area contributed by atoms with Gasteiger partial charge >= 0.3 is 0 Å². The molecule has 1 aromatic heterocycles. The first-order valence-corrected chi connectivity index (χ1v) is 7.47. The molecule has 0 radical (unpaired) electrons. The van der Waals surface area contributed by atoms with Crippen molar-refractivity contribution in [2.45, 2.75) is 52.0 Å². The number of aliphatic hydroxyl groups is 1. The Labute approximate surface area is 116 Å². The summed E-state index contributed by atoms with van der Waals surface area (Å²) in [5.41, 5.74) is 2.62. The molecule has 2 rings (SSSR count). The van der Waals surface area contributed by atoms with E-state index in [-0.39, 0.29) is 0 Å². The molecular formula is C16H26N2O. The zero-order valence-corrected chi connectivity index (χ0v) is 12.0. The van der Waals surface area contributed by atoms with E-state index in [0.29, 0.717) is 12.0 Å². The van der Waals surface area contributed by atoms with E-state index in [9.17, 15) is 5.11 Å². The summed E-state index contributed by atoms with van der Waals surface area (Å²) in [7, 11) is 0. The molecule has 19 heavy (non-hydrogen) atoms. The maximum absolute atomic E-state index is 9.29. The summed E-state index contributed by atoms with van der Waals surface area (Å²) in [4.78, 5) is 4.42. The van der Waals surface area contributed by atoms with Crippen molar-refractivity contribution in [3.8, 4) is 0 Å². The zero-order valence-electron chi connectivity index (χ0n) is 12.0. The number of nitrogens with one attached hydrogen (secondary N) is 1. The molecule has 0 unspecified atom stereocenters. The average molecular weight is 262 g/mol. The summed E-state index contributed by atoms with van der Waals surface area (Å²) < 4.78 is 0. The van der Waals surface area contributed by atoms with E-state index in [2.05, 4.69) is 29.4 Å². The molecule has 1 aliphatic carbocycles. The van der Waals surface area contributed by atoms with Gasteiger partial charge in [-0.25, -0.2) is 0 Å². The van der Waals surface area contributed by atoms with E-state index in [0.717, 1.165) is 25.2 Å². The summed E-state index contributed by atoms with van der Waals surface area (Å²) in [5.74, 6) is 0. The summed E-state index contributed by atoms with van der Waals surface area (Å²) in [6.45, 7) is 4.20. The van der Waals surface area contributed by atoms with Gasteiger partial charge in [-0.3, -0.25) is 4.98 Å². The van der Waals surface area contributed by atoms with Crippen molar-refractivity contribution in [1.82, 2.24) is 10.3 Å². The molecule has 3 nitrogen and oxygen atoms in total. The second-order valence-corrected chi connectivity index (χ2v) is 5.96. The van der Waals surface area contributed by atoms with Crippen LogP contribution in [0.1, 0.15) is 49.8 Å². The summed E-state index contributed by atoms with van der Waals surface area (Å²) >= 11 is 0. The van der Waals surface area contributed by atoms with E-state index in [1.54, 1.807) is 0 Å². The molecule has 106 valence electrons. The highest BCUT2D eigenvalue weighted by atomic mass is 16.3. The fourth-order valence-electron chi connectivity index (χ4n) is 3.11.